The molecule has 0 aliphatic carbocycles. The Morgan fingerprint density at radius 3 is 1.94 bits per heavy atom. The first-order valence-corrected chi connectivity index (χ1v) is 3.90. The van der Waals surface area contributed by atoms with Crippen LogP contribution in [0.25, 0.3) is 0 Å². The van der Waals surface area contributed by atoms with Crippen molar-refractivity contribution in [3.05, 3.63) is 12.1 Å². The largest absolute Gasteiger partial charge is 2.00 e. The molecule has 0 radical (unpaired) electrons. The van der Waals surface area contributed by atoms with E-state index >= 15 is 0 Å². The number of halogens is 3. The van der Waals surface area contributed by atoms with Crippen molar-refractivity contribution in [1.29, 1.82) is 0 Å². The van der Waals surface area contributed by atoms with Crippen LogP contribution < -0.4 is 10.2 Å². The minimum atomic E-state index is -5.07. The number of hydrogen-bond donors (Lipinski definition) is 0. The Morgan fingerprint density at radius 2 is 1.62 bits per heavy atom. The molecular formula is C8H10F3NO3Zn. The molecule has 0 bridgehead atoms. The molecule has 0 aliphatic rings. The second kappa shape index (κ2) is 6.08. The maximum atomic E-state index is 11.6. The van der Waals surface area contributed by atoms with Crippen molar-refractivity contribution in [2.45, 2.75) is 32.5 Å². The van der Waals surface area contributed by atoms with E-state index in [4.69, 9.17) is 0 Å². The summed E-state index contributed by atoms with van der Waals surface area (Å²) < 4.78 is 39.5. The molecule has 8 heteroatoms. The third-order valence-corrected chi connectivity index (χ3v) is 0.936. The predicted octanol–water partition coefficient (Wildman–Crippen LogP) is 0.279. The molecule has 4 nitrogen and oxygen atoms in total. The van der Waals surface area contributed by atoms with E-state index in [0.717, 1.165) is 0 Å². The first kappa shape index (κ1) is 17.6. The van der Waals surface area contributed by atoms with Crippen LogP contribution in [-0.4, -0.2) is 17.7 Å². The van der Waals surface area contributed by atoms with Gasteiger partial charge in [-0.25, -0.2) is 0 Å². The molecule has 0 rings (SSSR count). The fourth-order valence-corrected chi connectivity index (χ4v) is 0.513. The molecule has 0 aliphatic heterocycles. The Kier molecular flexibility index (Phi) is 6.69. The van der Waals surface area contributed by atoms with E-state index in [0.29, 0.717) is 0 Å². The predicted molar refractivity (Wildman–Crippen MR) is 42.4 cm³/mol. The summed E-state index contributed by atoms with van der Waals surface area (Å²) in [5.74, 6) is -3.44. The van der Waals surface area contributed by atoms with Gasteiger partial charge in [0.05, 0.1) is 11.8 Å². The Morgan fingerprint density at radius 1 is 1.19 bits per heavy atom. The molecule has 0 saturated carbocycles. The average Bonchev–Trinajstić information content (AvgIpc) is 1.94. The van der Waals surface area contributed by atoms with Crippen LogP contribution in [0.1, 0.15) is 20.8 Å². The molecule has 0 saturated heterocycles. The van der Waals surface area contributed by atoms with E-state index in [2.05, 4.69) is 9.73 Å². The summed E-state index contributed by atoms with van der Waals surface area (Å²) in [6, 6.07) is 0. The maximum Gasteiger partial charge on any atom is 2.00 e. The number of rotatable bonds is 2. The van der Waals surface area contributed by atoms with Crippen LogP contribution in [-0.2, 0) is 24.2 Å². The molecule has 0 atom stereocenters. The molecule has 0 amide bonds. The molecular weight excluding hydrogens is 280 g/mol. The van der Waals surface area contributed by atoms with E-state index in [1.165, 1.54) is 20.8 Å². The molecule has 0 aromatic heterocycles. The fraction of sp³-hybridized carbons (Fsp3) is 0.625. The van der Waals surface area contributed by atoms with Crippen molar-refractivity contribution in [2.75, 3.05) is 0 Å². The first-order valence-electron chi connectivity index (χ1n) is 3.90. The van der Waals surface area contributed by atoms with Gasteiger partial charge in [-0.2, -0.15) is 13.2 Å². The molecule has 0 aromatic carbocycles. The Labute approximate surface area is 104 Å². The van der Waals surface area contributed by atoms with Gasteiger partial charge in [0.2, 0.25) is 0 Å². The fourth-order valence-electron chi connectivity index (χ4n) is 0.513. The smallest absolute Gasteiger partial charge is 0.855 e. The van der Waals surface area contributed by atoms with Crippen LogP contribution in [0.15, 0.2) is 17.1 Å². The Bertz CT molecular complexity index is 281. The van der Waals surface area contributed by atoms with Gasteiger partial charge in [-0.05, 0) is 0 Å². The summed E-state index contributed by atoms with van der Waals surface area (Å²) >= 11 is 0. The summed E-state index contributed by atoms with van der Waals surface area (Å²) in [5.41, 5.74) is -0.843. The Balaban J connectivity index is 0. The van der Waals surface area contributed by atoms with Crippen molar-refractivity contribution in [3.8, 4) is 0 Å². The van der Waals surface area contributed by atoms with Gasteiger partial charge in [0.25, 0.3) is 0 Å². The monoisotopic (exact) mass is 289 g/mol. The average molecular weight is 291 g/mol. The zero-order valence-corrected chi connectivity index (χ0v) is 12.1. The zero-order valence-electron chi connectivity index (χ0n) is 9.09. The topological polar surface area (TPSA) is 67.7 Å². The first-order chi connectivity index (χ1) is 6.52. The minimum Gasteiger partial charge on any atom is -0.855 e. The van der Waals surface area contributed by atoms with Gasteiger partial charge in [0.1, 0.15) is 0 Å². The maximum absolute atomic E-state index is 11.6. The van der Waals surface area contributed by atoms with Gasteiger partial charge >= 0.3 is 25.7 Å². The normalized spacial score (nSPS) is 14.4. The number of aliphatic imine (C=N–C) groups is 1. The van der Waals surface area contributed by atoms with Gasteiger partial charge < -0.3 is 14.9 Å². The Hall–Kier alpha value is -0.777. The van der Waals surface area contributed by atoms with Crippen molar-refractivity contribution in [3.63, 3.8) is 0 Å². The van der Waals surface area contributed by atoms with E-state index in [1.54, 1.807) is 0 Å². The number of hydrogen-bond acceptors (Lipinski definition) is 4. The molecule has 0 aromatic rings. The van der Waals surface area contributed by atoms with Crippen LogP contribution in [0.2, 0.25) is 0 Å². The summed E-state index contributed by atoms with van der Waals surface area (Å²) in [6.07, 6.45) is -4.86. The van der Waals surface area contributed by atoms with Crippen molar-refractivity contribution < 1.29 is 47.6 Å². The van der Waals surface area contributed by atoms with Crippen LogP contribution in [0.3, 0.4) is 0 Å². The van der Waals surface area contributed by atoms with Crippen molar-refractivity contribution >= 4 is 5.90 Å². The second-order valence-electron chi connectivity index (χ2n) is 3.59. The summed E-state index contributed by atoms with van der Waals surface area (Å²) in [6.45, 7) is 4.60. The van der Waals surface area contributed by atoms with Crippen LogP contribution in [0.5, 0.6) is 0 Å². The third-order valence-electron chi connectivity index (χ3n) is 0.936. The van der Waals surface area contributed by atoms with Crippen LogP contribution >= 0.6 is 0 Å². The van der Waals surface area contributed by atoms with Crippen LogP contribution in [0, 0.1) is 0 Å². The van der Waals surface area contributed by atoms with Gasteiger partial charge in [0.15, 0.2) is 0 Å². The van der Waals surface area contributed by atoms with Gasteiger partial charge in [0, 0.05) is 11.8 Å². The van der Waals surface area contributed by atoms with E-state index in [1.807, 2.05) is 0 Å². The molecule has 0 fully saturated rings. The van der Waals surface area contributed by atoms with E-state index in [9.17, 15) is 23.4 Å². The number of nitrogens with zero attached hydrogens (tertiary/aromatic N) is 1. The molecule has 88 valence electrons. The summed E-state index contributed by atoms with van der Waals surface area (Å²) in [5, 5.41) is 21.0. The minimum absolute atomic E-state index is 0. The van der Waals surface area contributed by atoms with Gasteiger partial charge in [-0.15, -0.1) is 0 Å². The molecule has 0 unspecified atom stereocenters. The van der Waals surface area contributed by atoms with Gasteiger partial charge in [-0.1, -0.05) is 20.8 Å². The summed E-state index contributed by atoms with van der Waals surface area (Å²) in [4.78, 5) is 2.42. The molecule has 16 heavy (non-hydrogen) atoms. The van der Waals surface area contributed by atoms with Crippen molar-refractivity contribution in [2.24, 2.45) is 4.99 Å². The SMILES string of the molecule is CC(C)(C)O/C([O-])=C/N=C([O-])C(F)(F)F.[Zn+2]. The van der Waals surface area contributed by atoms with E-state index < -0.39 is 23.6 Å². The second-order valence-corrected chi connectivity index (χ2v) is 3.59. The molecule has 0 N–H and O–H groups in total. The molecule has 0 spiro atoms. The zero-order chi connectivity index (χ0) is 12.3. The van der Waals surface area contributed by atoms with Crippen molar-refractivity contribution in [1.82, 2.24) is 0 Å². The summed E-state index contributed by atoms with van der Waals surface area (Å²) in [7, 11) is 0. The van der Waals surface area contributed by atoms with Gasteiger partial charge in [-0.3, -0.25) is 4.99 Å². The van der Waals surface area contributed by atoms with Crippen LogP contribution in [0.4, 0.5) is 13.2 Å². The standard InChI is InChI=1S/C8H12F3NO3.Zn/c1-7(2,3)15-5(13)4-12-6(14)8(9,10)11;/h4,13H,1-3H3,(H,12,14);/q;+2/p-2/b5-4+;. The number of alkyl halides is 3. The van der Waals surface area contributed by atoms with E-state index in [-0.39, 0.29) is 25.7 Å². The third kappa shape index (κ3) is 8.53. The quantitative estimate of drug-likeness (QED) is 0.317. The number of ether oxygens (including phenoxy) is 1. The molecule has 0 heterocycles.